The molecule has 6 nitrogen and oxygen atoms in total. The van der Waals surface area contributed by atoms with E-state index in [2.05, 4.69) is 15.4 Å². The number of nitrogens with one attached hydrogen (secondary N) is 1. The first-order chi connectivity index (χ1) is 7.27. The normalized spacial score (nSPS) is 10.1. The summed E-state index contributed by atoms with van der Waals surface area (Å²) >= 11 is 0. The molecule has 0 bridgehead atoms. The van der Waals surface area contributed by atoms with Crippen LogP contribution in [0.3, 0.4) is 0 Å². The maximum atomic E-state index is 5.26. The summed E-state index contributed by atoms with van der Waals surface area (Å²) in [4.78, 5) is 10.1. The Bertz CT molecular complexity index is 294. The van der Waals surface area contributed by atoms with Crippen LogP contribution in [0.1, 0.15) is 6.92 Å². The Morgan fingerprint density at radius 2 is 2.40 bits per heavy atom. The molecule has 3 N–H and O–H groups in total. The van der Waals surface area contributed by atoms with E-state index in [1.807, 2.05) is 24.9 Å². The van der Waals surface area contributed by atoms with Crippen molar-refractivity contribution in [2.24, 2.45) is 5.84 Å². The fourth-order valence-corrected chi connectivity index (χ4v) is 1.09. The highest BCUT2D eigenvalue weighted by molar-refractivity contribution is 5.40. The zero-order valence-electron chi connectivity index (χ0n) is 9.10. The molecule has 0 atom stereocenters. The molecule has 0 aliphatic carbocycles. The maximum absolute atomic E-state index is 5.26. The number of nitrogens with two attached hydrogens (primary N) is 1. The van der Waals surface area contributed by atoms with Gasteiger partial charge in [-0.25, -0.2) is 10.8 Å². The van der Waals surface area contributed by atoms with Crippen LogP contribution in [-0.4, -0.2) is 36.8 Å². The molecule has 1 rings (SSSR count). The number of anilines is 2. The third kappa shape index (κ3) is 3.69. The second kappa shape index (κ2) is 6.15. The van der Waals surface area contributed by atoms with Crippen molar-refractivity contribution in [3.63, 3.8) is 0 Å². The summed E-state index contributed by atoms with van der Waals surface area (Å²) in [6.45, 7) is 4.17. The molecular weight excluding hydrogens is 194 g/mol. The smallest absolute Gasteiger partial charge is 0.239 e. The average molecular weight is 211 g/mol. The summed E-state index contributed by atoms with van der Waals surface area (Å²) < 4.78 is 5.26. The SMILES string of the molecule is CCOCCN(C)c1ccnc(NN)n1. The van der Waals surface area contributed by atoms with Gasteiger partial charge in [0.1, 0.15) is 5.82 Å². The van der Waals surface area contributed by atoms with Crippen LogP contribution in [0.4, 0.5) is 11.8 Å². The molecule has 0 unspecified atom stereocenters. The summed E-state index contributed by atoms with van der Waals surface area (Å²) in [5.74, 6) is 6.45. The molecule has 1 heterocycles. The standard InChI is InChI=1S/C9H17N5O/c1-3-15-7-6-14(2)8-4-5-11-9(12-8)13-10/h4-5H,3,6-7,10H2,1-2H3,(H,11,12,13). The van der Waals surface area contributed by atoms with Crippen LogP contribution >= 0.6 is 0 Å². The van der Waals surface area contributed by atoms with Crippen LogP contribution in [0.5, 0.6) is 0 Å². The average Bonchev–Trinajstić information content (AvgIpc) is 2.29. The summed E-state index contributed by atoms with van der Waals surface area (Å²) in [6, 6.07) is 1.83. The van der Waals surface area contributed by atoms with Crippen molar-refractivity contribution in [3.05, 3.63) is 12.3 Å². The number of ether oxygens (including phenoxy) is 1. The molecule has 0 aliphatic heterocycles. The van der Waals surface area contributed by atoms with E-state index in [9.17, 15) is 0 Å². The van der Waals surface area contributed by atoms with E-state index in [1.165, 1.54) is 0 Å². The van der Waals surface area contributed by atoms with Gasteiger partial charge in [0.2, 0.25) is 5.95 Å². The molecule has 0 aromatic carbocycles. The van der Waals surface area contributed by atoms with Crippen molar-refractivity contribution in [1.82, 2.24) is 9.97 Å². The fourth-order valence-electron chi connectivity index (χ4n) is 1.09. The summed E-state index contributed by atoms with van der Waals surface area (Å²) in [7, 11) is 1.95. The van der Waals surface area contributed by atoms with Crippen molar-refractivity contribution in [2.45, 2.75) is 6.92 Å². The van der Waals surface area contributed by atoms with Gasteiger partial charge in [0.25, 0.3) is 0 Å². The Balaban J connectivity index is 2.52. The van der Waals surface area contributed by atoms with E-state index in [1.54, 1.807) is 6.20 Å². The van der Waals surface area contributed by atoms with Gasteiger partial charge in [0, 0.05) is 26.4 Å². The van der Waals surface area contributed by atoms with Gasteiger partial charge in [-0.05, 0) is 13.0 Å². The molecule has 0 fully saturated rings. The lowest BCUT2D eigenvalue weighted by atomic mass is 10.5. The molecule has 0 saturated heterocycles. The molecule has 0 aliphatic rings. The largest absolute Gasteiger partial charge is 0.380 e. The number of rotatable bonds is 6. The summed E-state index contributed by atoms with van der Waals surface area (Å²) in [6.07, 6.45) is 1.66. The first kappa shape index (κ1) is 11.7. The van der Waals surface area contributed by atoms with Gasteiger partial charge < -0.3 is 9.64 Å². The topological polar surface area (TPSA) is 76.3 Å². The van der Waals surface area contributed by atoms with E-state index < -0.39 is 0 Å². The van der Waals surface area contributed by atoms with Gasteiger partial charge in [-0.2, -0.15) is 4.98 Å². The first-order valence-electron chi connectivity index (χ1n) is 4.86. The minimum Gasteiger partial charge on any atom is -0.380 e. The molecular formula is C9H17N5O. The number of nitrogens with zero attached hydrogens (tertiary/aromatic N) is 3. The maximum Gasteiger partial charge on any atom is 0.239 e. The van der Waals surface area contributed by atoms with E-state index >= 15 is 0 Å². The molecule has 0 amide bonds. The number of likely N-dealkylation sites (N-methyl/N-ethyl adjacent to an activating group) is 1. The quantitative estimate of drug-likeness (QED) is 0.398. The summed E-state index contributed by atoms with van der Waals surface area (Å²) in [5.41, 5.74) is 2.41. The lowest BCUT2D eigenvalue weighted by molar-refractivity contribution is 0.154. The van der Waals surface area contributed by atoms with Gasteiger partial charge in [0.05, 0.1) is 6.61 Å². The number of hydrogen-bond donors (Lipinski definition) is 2. The Hall–Kier alpha value is -1.40. The first-order valence-corrected chi connectivity index (χ1v) is 4.86. The van der Waals surface area contributed by atoms with E-state index in [0.717, 1.165) is 19.0 Å². The third-order valence-corrected chi connectivity index (χ3v) is 1.94. The van der Waals surface area contributed by atoms with Crippen molar-refractivity contribution in [3.8, 4) is 0 Å². The number of hydrazine groups is 1. The van der Waals surface area contributed by atoms with E-state index in [0.29, 0.717) is 12.6 Å². The minimum atomic E-state index is 0.413. The molecule has 0 saturated carbocycles. The second-order valence-corrected chi connectivity index (χ2v) is 3.00. The van der Waals surface area contributed by atoms with Gasteiger partial charge in [0.15, 0.2) is 0 Å². The van der Waals surface area contributed by atoms with Crippen LogP contribution in [0.15, 0.2) is 12.3 Å². The van der Waals surface area contributed by atoms with Crippen LogP contribution in [-0.2, 0) is 4.74 Å². The Labute approximate surface area is 89.4 Å². The molecule has 0 radical (unpaired) electrons. The monoisotopic (exact) mass is 211 g/mol. The fraction of sp³-hybridized carbons (Fsp3) is 0.556. The van der Waals surface area contributed by atoms with Gasteiger partial charge in [-0.1, -0.05) is 0 Å². The van der Waals surface area contributed by atoms with Gasteiger partial charge >= 0.3 is 0 Å². The van der Waals surface area contributed by atoms with Crippen LogP contribution in [0, 0.1) is 0 Å². The van der Waals surface area contributed by atoms with E-state index in [-0.39, 0.29) is 0 Å². The van der Waals surface area contributed by atoms with Crippen molar-refractivity contribution in [2.75, 3.05) is 37.1 Å². The van der Waals surface area contributed by atoms with Crippen LogP contribution in [0.25, 0.3) is 0 Å². The zero-order valence-corrected chi connectivity index (χ0v) is 9.10. The highest BCUT2D eigenvalue weighted by Gasteiger charge is 2.03. The third-order valence-electron chi connectivity index (χ3n) is 1.94. The molecule has 6 heteroatoms. The Morgan fingerprint density at radius 1 is 1.60 bits per heavy atom. The molecule has 84 valence electrons. The van der Waals surface area contributed by atoms with Gasteiger partial charge in [-0.15, -0.1) is 0 Å². The van der Waals surface area contributed by atoms with Crippen molar-refractivity contribution >= 4 is 11.8 Å². The molecule has 0 spiro atoms. The highest BCUT2D eigenvalue weighted by Crippen LogP contribution is 2.08. The lowest BCUT2D eigenvalue weighted by Crippen LogP contribution is -2.24. The zero-order chi connectivity index (χ0) is 11.1. The number of aromatic nitrogens is 2. The predicted octanol–water partition coefficient (Wildman–Crippen LogP) is 0.235. The van der Waals surface area contributed by atoms with Gasteiger partial charge in [-0.3, -0.25) is 5.43 Å². The Kier molecular flexibility index (Phi) is 4.79. The van der Waals surface area contributed by atoms with Crippen molar-refractivity contribution in [1.29, 1.82) is 0 Å². The molecule has 1 aromatic rings. The lowest BCUT2D eigenvalue weighted by Gasteiger charge is -2.17. The minimum absolute atomic E-state index is 0.413. The number of nitrogen functional groups attached to an aromatic ring is 1. The summed E-state index contributed by atoms with van der Waals surface area (Å²) in [5, 5.41) is 0. The highest BCUT2D eigenvalue weighted by atomic mass is 16.5. The molecule has 1 aromatic heterocycles. The van der Waals surface area contributed by atoms with Crippen LogP contribution in [0.2, 0.25) is 0 Å². The van der Waals surface area contributed by atoms with Crippen LogP contribution < -0.4 is 16.2 Å². The van der Waals surface area contributed by atoms with Crippen molar-refractivity contribution < 1.29 is 4.74 Å². The molecule has 15 heavy (non-hydrogen) atoms. The van der Waals surface area contributed by atoms with E-state index in [4.69, 9.17) is 10.6 Å². The second-order valence-electron chi connectivity index (χ2n) is 3.00. The Morgan fingerprint density at radius 3 is 3.07 bits per heavy atom. The number of hydrogen-bond acceptors (Lipinski definition) is 6. The predicted molar refractivity (Wildman–Crippen MR) is 59.6 cm³/mol.